The lowest BCUT2D eigenvalue weighted by molar-refractivity contribution is 0.108. The summed E-state index contributed by atoms with van der Waals surface area (Å²) in [5.41, 5.74) is 8.25. The summed E-state index contributed by atoms with van der Waals surface area (Å²) in [5, 5.41) is 4.42. The third kappa shape index (κ3) is 4.86. The van der Waals surface area contributed by atoms with E-state index in [1.165, 1.54) is 5.56 Å². The van der Waals surface area contributed by atoms with Crippen molar-refractivity contribution in [3.05, 3.63) is 17.5 Å². The lowest BCUT2D eigenvalue weighted by Gasteiger charge is -2.30. The predicted molar refractivity (Wildman–Crippen MR) is 79.7 cm³/mol. The van der Waals surface area contributed by atoms with Crippen LogP contribution >= 0.6 is 0 Å². The first-order valence-electron chi connectivity index (χ1n) is 7.06. The number of aryl methyl sites for hydroxylation is 2. The Bertz CT molecular complexity index is 381. The van der Waals surface area contributed by atoms with Crippen LogP contribution in [0.25, 0.3) is 0 Å². The fourth-order valence-corrected chi connectivity index (χ4v) is 2.46. The first-order chi connectivity index (χ1) is 9.63. The molecule has 116 valence electrons. The summed E-state index contributed by atoms with van der Waals surface area (Å²) in [6.07, 6.45) is 3.04. The van der Waals surface area contributed by atoms with Crippen molar-refractivity contribution in [2.75, 3.05) is 47.1 Å². The molecule has 2 N–H and O–H groups in total. The Kier molecular flexibility index (Phi) is 7.76. The number of nitrogens with two attached hydrogens (primary N) is 1. The molecule has 1 aromatic heterocycles. The largest absolute Gasteiger partial charge is 0.385 e. The summed E-state index contributed by atoms with van der Waals surface area (Å²) in [6.45, 7) is 5.85. The van der Waals surface area contributed by atoms with Crippen molar-refractivity contribution >= 4 is 0 Å². The van der Waals surface area contributed by atoms with Crippen LogP contribution in [0.3, 0.4) is 0 Å². The van der Waals surface area contributed by atoms with Gasteiger partial charge in [-0.25, -0.2) is 0 Å². The summed E-state index contributed by atoms with van der Waals surface area (Å²) < 4.78 is 12.2. The number of methoxy groups -OCH3 is 2. The van der Waals surface area contributed by atoms with Crippen LogP contribution in [0, 0.1) is 6.92 Å². The van der Waals surface area contributed by atoms with Gasteiger partial charge in [0.2, 0.25) is 0 Å². The maximum atomic E-state index is 6.01. The van der Waals surface area contributed by atoms with Gasteiger partial charge < -0.3 is 15.2 Å². The second kappa shape index (κ2) is 9.07. The number of aromatic nitrogens is 2. The zero-order valence-electron chi connectivity index (χ0n) is 13.1. The highest BCUT2D eigenvalue weighted by molar-refractivity contribution is 5.20. The molecule has 0 aliphatic heterocycles. The summed E-state index contributed by atoms with van der Waals surface area (Å²) in [7, 11) is 5.39. The quantitative estimate of drug-likeness (QED) is 0.641. The topological polar surface area (TPSA) is 65.5 Å². The number of ether oxygens (including phenoxy) is 2. The number of hydrogen-bond acceptors (Lipinski definition) is 5. The van der Waals surface area contributed by atoms with E-state index in [1.54, 1.807) is 14.2 Å². The molecule has 1 rings (SSSR count). The molecule has 0 spiro atoms. The summed E-state index contributed by atoms with van der Waals surface area (Å²) in [6, 6.07) is 0.177. The van der Waals surface area contributed by atoms with E-state index in [1.807, 2.05) is 18.7 Å². The molecule has 0 fully saturated rings. The van der Waals surface area contributed by atoms with Crippen molar-refractivity contribution in [2.24, 2.45) is 12.8 Å². The minimum atomic E-state index is 0.177. The maximum absolute atomic E-state index is 6.01. The molecule has 1 heterocycles. The van der Waals surface area contributed by atoms with Crippen molar-refractivity contribution < 1.29 is 9.47 Å². The lowest BCUT2D eigenvalue weighted by Crippen LogP contribution is -2.37. The summed E-state index contributed by atoms with van der Waals surface area (Å²) >= 11 is 0. The van der Waals surface area contributed by atoms with Crippen LogP contribution < -0.4 is 5.73 Å². The van der Waals surface area contributed by atoms with Crippen molar-refractivity contribution in [2.45, 2.75) is 19.4 Å². The zero-order chi connectivity index (χ0) is 15.0. The van der Waals surface area contributed by atoms with Crippen molar-refractivity contribution in [3.8, 4) is 0 Å². The van der Waals surface area contributed by atoms with Gasteiger partial charge in [-0.1, -0.05) is 0 Å². The van der Waals surface area contributed by atoms with Gasteiger partial charge in [0.1, 0.15) is 0 Å². The van der Waals surface area contributed by atoms with Gasteiger partial charge in [-0.05, 0) is 13.3 Å². The van der Waals surface area contributed by atoms with Crippen molar-refractivity contribution in [1.82, 2.24) is 14.7 Å². The van der Waals surface area contributed by atoms with Crippen LogP contribution in [0.15, 0.2) is 6.20 Å². The number of nitrogens with zero attached hydrogens (tertiary/aromatic N) is 3. The molecule has 1 unspecified atom stereocenters. The van der Waals surface area contributed by atoms with Crippen LogP contribution in [0.4, 0.5) is 0 Å². The average Bonchev–Trinajstić information content (AvgIpc) is 2.75. The molecule has 1 aromatic rings. The molecule has 0 aliphatic rings. The summed E-state index contributed by atoms with van der Waals surface area (Å²) in [4.78, 5) is 2.35. The van der Waals surface area contributed by atoms with E-state index in [4.69, 9.17) is 15.2 Å². The van der Waals surface area contributed by atoms with Gasteiger partial charge >= 0.3 is 0 Å². The molecule has 0 saturated carbocycles. The smallest absolute Gasteiger partial charge is 0.0641 e. The summed E-state index contributed by atoms with van der Waals surface area (Å²) in [5.74, 6) is 0. The SMILES string of the molecule is COCCCN(CCOC)C(CN)c1cn(C)nc1C. The zero-order valence-corrected chi connectivity index (χ0v) is 13.1. The van der Waals surface area contributed by atoms with Gasteiger partial charge in [-0.15, -0.1) is 0 Å². The second-order valence-electron chi connectivity index (χ2n) is 4.97. The van der Waals surface area contributed by atoms with Crippen LogP contribution in [-0.2, 0) is 16.5 Å². The van der Waals surface area contributed by atoms with Crippen molar-refractivity contribution in [1.29, 1.82) is 0 Å². The second-order valence-corrected chi connectivity index (χ2v) is 4.97. The molecule has 6 heteroatoms. The standard InChI is InChI=1S/C14H28N4O2/c1-12-13(11-17(2)16-12)14(10-15)18(7-9-20-4)6-5-8-19-3/h11,14H,5-10,15H2,1-4H3. The Hall–Kier alpha value is -0.950. The van der Waals surface area contributed by atoms with E-state index in [0.717, 1.165) is 31.8 Å². The highest BCUT2D eigenvalue weighted by Crippen LogP contribution is 2.22. The van der Waals surface area contributed by atoms with Gasteiger partial charge in [0.15, 0.2) is 0 Å². The molecular weight excluding hydrogens is 256 g/mol. The van der Waals surface area contributed by atoms with Gasteiger partial charge in [-0.2, -0.15) is 5.10 Å². The van der Waals surface area contributed by atoms with Gasteiger partial charge in [0.05, 0.1) is 18.3 Å². The minimum Gasteiger partial charge on any atom is -0.385 e. The lowest BCUT2D eigenvalue weighted by atomic mass is 10.1. The Labute approximate surface area is 121 Å². The number of hydrogen-bond donors (Lipinski definition) is 1. The van der Waals surface area contributed by atoms with Crippen LogP contribution in [-0.4, -0.2) is 61.7 Å². The van der Waals surface area contributed by atoms with Gasteiger partial charge in [0, 0.05) is 59.3 Å². The van der Waals surface area contributed by atoms with E-state index in [0.29, 0.717) is 13.2 Å². The molecule has 0 bridgehead atoms. The monoisotopic (exact) mass is 284 g/mol. The molecular formula is C14H28N4O2. The maximum Gasteiger partial charge on any atom is 0.0641 e. The first-order valence-corrected chi connectivity index (χ1v) is 7.06. The Balaban J connectivity index is 2.80. The molecule has 1 atom stereocenters. The average molecular weight is 284 g/mol. The van der Waals surface area contributed by atoms with Crippen molar-refractivity contribution in [3.63, 3.8) is 0 Å². The van der Waals surface area contributed by atoms with E-state index in [-0.39, 0.29) is 6.04 Å². The van der Waals surface area contributed by atoms with Crippen LogP contribution in [0.2, 0.25) is 0 Å². The fraction of sp³-hybridized carbons (Fsp3) is 0.786. The Morgan fingerprint density at radius 3 is 2.50 bits per heavy atom. The minimum absolute atomic E-state index is 0.177. The molecule has 0 amide bonds. The molecule has 0 saturated heterocycles. The van der Waals surface area contributed by atoms with Gasteiger partial charge in [-0.3, -0.25) is 9.58 Å². The Morgan fingerprint density at radius 2 is 2.00 bits per heavy atom. The predicted octanol–water partition coefficient (Wildman–Crippen LogP) is 0.713. The molecule has 0 aromatic carbocycles. The fourth-order valence-electron chi connectivity index (χ4n) is 2.46. The highest BCUT2D eigenvalue weighted by atomic mass is 16.5. The first kappa shape index (κ1) is 17.1. The molecule has 0 radical (unpaired) electrons. The third-order valence-electron chi connectivity index (χ3n) is 3.45. The van der Waals surface area contributed by atoms with E-state index < -0.39 is 0 Å². The number of rotatable bonds is 10. The Morgan fingerprint density at radius 1 is 1.30 bits per heavy atom. The van der Waals surface area contributed by atoms with Crippen LogP contribution in [0.5, 0.6) is 0 Å². The normalized spacial score (nSPS) is 13.1. The molecule has 0 aliphatic carbocycles. The molecule has 20 heavy (non-hydrogen) atoms. The van der Waals surface area contributed by atoms with Crippen LogP contribution in [0.1, 0.15) is 23.7 Å². The highest BCUT2D eigenvalue weighted by Gasteiger charge is 2.22. The van der Waals surface area contributed by atoms with E-state index >= 15 is 0 Å². The van der Waals surface area contributed by atoms with E-state index in [9.17, 15) is 0 Å². The van der Waals surface area contributed by atoms with Gasteiger partial charge in [0.25, 0.3) is 0 Å². The third-order valence-corrected chi connectivity index (χ3v) is 3.45. The van der Waals surface area contributed by atoms with E-state index in [2.05, 4.69) is 16.2 Å². The molecule has 6 nitrogen and oxygen atoms in total.